The Balaban J connectivity index is 1.29. The van der Waals surface area contributed by atoms with Gasteiger partial charge in [0.05, 0.1) is 42.0 Å². The largest absolute Gasteiger partial charge is 0.394 e. The number of rotatable bonds is 11. The number of halogens is 2. The van der Waals surface area contributed by atoms with Gasteiger partial charge in [-0.1, -0.05) is 37.5 Å². The minimum Gasteiger partial charge on any atom is -0.394 e. The van der Waals surface area contributed by atoms with Crippen molar-refractivity contribution in [2.45, 2.75) is 57.4 Å². The van der Waals surface area contributed by atoms with Crippen LogP contribution in [0.3, 0.4) is 0 Å². The summed E-state index contributed by atoms with van der Waals surface area (Å²) in [6.45, 7) is -0.207. The Labute approximate surface area is 253 Å². The van der Waals surface area contributed by atoms with Gasteiger partial charge < -0.3 is 20.3 Å². The van der Waals surface area contributed by atoms with Crippen LogP contribution in [-0.2, 0) is 16.2 Å². The maximum absolute atomic E-state index is 16.1. The van der Waals surface area contributed by atoms with Crippen molar-refractivity contribution in [1.29, 1.82) is 0 Å². The fourth-order valence-electron chi connectivity index (χ4n) is 5.79. The maximum atomic E-state index is 16.1. The SMILES string of the molecule is O=C(NOCCO)c1cc2c(ncn2Cc2cccc(NC(=O)C3CCCCC3)c2)c(F)c1Nc1ccc(C2CC2)cc1F. The zero-order valence-corrected chi connectivity index (χ0v) is 24.2. The smallest absolute Gasteiger partial charge is 0.277 e. The van der Waals surface area contributed by atoms with Crippen molar-refractivity contribution in [3.05, 3.63) is 83.2 Å². The molecule has 2 aliphatic rings. The molecule has 4 N–H and O–H groups in total. The van der Waals surface area contributed by atoms with E-state index in [9.17, 15) is 9.59 Å². The van der Waals surface area contributed by atoms with Gasteiger partial charge >= 0.3 is 0 Å². The normalized spacial score (nSPS) is 15.3. The van der Waals surface area contributed by atoms with Gasteiger partial charge in [-0.15, -0.1) is 0 Å². The molecular formula is C33H35F2N5O4. The molecular weight excluding hydrogens is 568 g/mol. The number of aromatic nitrogens is 2. The number of aliphatic hydroxyl groups excluding tert-OH is 1. The number of anilines is 3. The number of aliphatic hydroxyl groups is 1. The highest BCUT2D eigenvalue weighted by molar-refractivity contribution is 6.04. The number of hydrogen-bond acceptors (Lipinski definition) is 6. The van der Waals surface area contributed by atoms with Gasteiger partial charge in [0, 0.05) is 18.2 Å². The van der Waals surface area contributed by atoms with Crippen molar-refractivity contribution in [3.63, 3.8) is 0 Å². The predicted molar refractivity (Wildman–Crippen MR) is 163 cm³/mol. The molecule has 0 unspecified atom stereocenters. The Morgan fingerprint density at radius 2 is 1.84 bits per heavy atom. The Bertz CT molecular complexity index is 1680. The number of benzene rings is 3. The molecule has 44 heavy (non-hydrogen) atoms. The number of hydrogen-bond donors (Lipinski definition) is 4. The topological polar surface area (TPSA) is 118 Å². The van der Waals surface area contributed by atoms with E-state index in [1.165, 1.54) is 30.9 Å². The summed E-state index contributed by atoms with van der Waals surface area (Å²) in [6, 6.07) is 13.7. The number of nitrogens with zero attached hydrogens (tertiary/aromatic N) is 2. The van der Waals surface area contributed by atoms with Gasteiger partial charge in [0.1, 0.15) is 11.3 Å². The minimum absolute atomic E-state index is 0.00269. The zero-order chi connectivity index (χ0) is 30.6. The molecule has 2 saturated carbocycles. The quantitative estimate of drug-likeness (QED) is 0.121. The van der Waals surface area contributed by atoms with Crippen LogP contribution in [-0.4, -0.2) is 39.7 Å². The van der Waals surface area contributed by atoms with E-state index >= 15 is 8.78 Å². The number of fused-ring (bicyclic) bond motifs is 1. The number of hydroxylamine groups is 1. The molecule has 0 radical (unpaired) electrons. The summed E-state index contributed by atoms with van der Waals surface area (Å²) < 4.78 is 32.8. The van der Waals surface area contributed by atoms with E-state index in [0.29, 0.717) is 17.1 Å². The number of nitrogens with one attached hydrogen (secondary N) is 3. The van der Waals surface area contributed by atoms with Gasteiger partial charge in [-0.25, -0.2) is 19.2 Å². The summed E-state index contributed by atoms with van der Waals surface area (Å²) >= 11 is 0. The summed E-state index contributed by atoms with van der Waals surface area (Å²) in [5, 5.41) is 14.8. The molecule has 1 heterocycles. The summed E-state index contributed by atoms with van der Waals surface area (Å²) in [5.41, 5.74) is 4.58. The lowest BCUT2D eigenvalue weighted by atomic mass is 9.88. The first kappa shape index (κ1) is 29.7. The Morgan fingerprint density at radius 1 is 1.02 bits per heavy atom. The molecule has 6 rings (SSSR count). The van der Waals surface area contributed by atoms with E-state index in [1.54, 1.807) is 10.6 Å². The molecule has 2 aliphatic carbocycles. The van der Waals surface area contributed by atoms with E-state index in [1.807, 2.05) is 24.3 Å². The molecule has 4 aromatic rings. The fraction of sp³-hybridized carbons (Fsp3) is 0.364. The van der Waals surface area contributed by atoms with E-state index in [-0.39, 0.29) is 54.0 Å². The highest BCUT2D eigenvalue weighted by Crippen LogP contribution is 2.41. The van der Waals surface area contributed by atoms with Crippen LogP contribution >= 0.6 is 0 Å². The van der Waals surface area contributed by atoms with Gasteiger partial charge in [0.2, 0.25) is 5.91 Å². The van der Waals surface area contributed by atoms with Crippen LogP contribution in [0.1, 0.15) is 72.3 Å². The number of amides is 2. The number of carbonyl (C=O) groups excluding carboxylic acids is 2. The molecule has 2 amide bonds. The van der Waals surface area contributed by atoms with Gasteiger partial charge in [-0.2, -0.15) is 0 Å². The van der Waals surface area contributed by atoms with Crippen LogP contribution in [0.5, 0.6) is 0 Å². The molecule has 0 spiro atoms. The minimum atomic E-state index is -0.826. The van der Waals surface area contributed by atoms with E-state index in [2.05, 4.69) is 21.1 Å². The Morgan fingerprint density at radius 3 is 2.59 bits per heavy atom. The second-order valence-corrected chi connectivity index (χ2v) is 11.5. The summed E-state index contributed by atoms with van der Waals surface area (Å²) in [5.74, 6) is -1.78. The van der Waals surface area contributed by atoms with Crippen molar-refractivity contribution >= 4 is 39.9 Å². The van der Waals surface area contributed by atoms with Gasteiger partial charge in [0.15, 0.2) is 5.82 Å². The average Bonchev–Trinajstić information content (AvgIpc) is 3.81. The van der Waals surface area contributed by atoms with Crippen LogP contribution in [0.15, 0.2) is 54.9 Å². The molecule has 1 aromatic heterocycles. The monoisotopic (exact) mass is 603 g/mol. The summed E-state index contributed by atoms with van der Waals surface area (Å²) in [6.07, 6.45) is 8.58. The van der Waals surface area contributed by atoms with Gasteiger partial charge in [0.25, 0.3) is 5.91 Å². The lowest BCUT2D eigenvalue weighted by molar-refractivity contribution is -0.120. The van der Waals surface area contributed by atoms with Crippen LogP contribution in [0.25, 0.3) is 11.0 Å². The van der Waals surface area contributed by atoms with Crippen LogP contribution in [0.2, 0.25) is 0 Å². The molecule has 2 fully saturated rings. The average molecular weight is 604 g/mol. The lowest BCUT2D eigenvalue weighted by Gasteiger charge is -2.21. The summed E-state index contributed by atoms with van der Waals surface area (Å²) in [7, 11) is 0. The first-order chi connectivity index (χ1) is 21.4. The molecule has 3 aromatic carbocycles. The first-order valence-corrected chi connectivity index (χ1v) is 15.1. The first-order valence-electron chi connectivity index (χ1n) is 15.1. The zero-order valence-electron chi connectivity index (χ0n) is 24.2. The predicted octanol–water partition coefficient (Wildman–Crippen LogP) is 6.16. The third-order valence-electron chi connectivity index (χ3n) is 8.28. The second-order valence-electron chi connectivity index (χ2n) is 11.5. The fourth-order valence-corrected chi connectivity index (χ4v) is 5.79. The molecule has 0 bridgehead atoms. The van der Waals surface area contributed by atoms with E-state index in [4.69, 9.17) is 9.94 Å². The molecule has 0 saturated heterocycles. The second kappa shape index (κ2) is 13.1. The van der Waals surface area contributed by atoms with E-state index < -0.39 is 17.5 Å². The highest BCUT2D eigenvalue weighted by atomic mass is 19.1. The van der Waals surface area contributed by atoms with Crippen LogP contribution in [0.4, 0.5) is 25.8 Å². The number of imidazole rings is 1. The van der Waals surface area contributed by atoms with Crippen molar-refractivity contribution in [1.82, 2.24) is 15.0 Å². The van der Waals surface area contributed by atoms with Gasteiger partial charge in [-0.05, 0) is 73.1 Å². The number of carbonyl (C=O) groups is 2. The molecule has 11 heteroatoms. The summed E-state index contributed by atoms with van der Waals surface area (Å²) in [4.78, 5) is 35.2. The molecule has 0 atom stereocenters. The molecule has 9 nitrogen and oxygen atoms in total. The van der Waals surface area contributed by atoms with Crippen LogP contribution in [0, 0.1) is 17.6 Å². The third-order valence-corrected chi connectivity index (χ3v) is 8.28. The van der Waals surface area contributed by atoms with Crippen LogP contribution < -0.4 is 16.1 Å². The highest BCUT2D eigenvalue weighted by Gasteiger charge is 2.26. The van der Waals surface area contributed by atoms with Crippen molar-refractivity contribution in [3.8, 4) is 0 Å². The van der Waals surface area contributed by atoms with Crippen molar-refractivity contribution < 1.29 is 28.3 Å². The van der Waals surface area contributed by atoms with E-state index in [0.717, 1.165) is 49.7 Å². The van der Waals surface area contributed by atoms with Gasteiger partial charge in [-0.3, -0.25) is 14.4 Å². The Kier molecular flexibility index (Phi) is 8.85. The molecule has 0 aliphatic heterocycles. The molecule has 230 valence electrons. The maximum Gasteiger partial charge on any atom is 0.277 e. The standard InChI is InChI=1S/C33H35F2N5O4/c34-26-16-23(21-9-10-21)11-12-27(26)38-30-25(33(43)39-44-14-13-41)17-28-31(29(30)35)36-19-40(28)18-20-5-4-8-24(15-20)37-32(42)22-6-2-1-3-7-22/h4-5,8,11-12,15-17,19,21-22,38,41H,1-3,6-7,9-10,13-14,18H2,(H,37,42)(H,39,43). The Hall–Kier alpha value is -4.35. The van der Waals surface area contributed by atoms with Crippen molar-refractivity contribution in [2.75, 3.05) is 23.8 Å². The lowest BCUT2D eigenvalue weighted by Crippen LogP contribution is -2.26. The third kappa shape index (κ3) is 6.58. The van der Waals surface area contributed by atoms with Crippen molar-refractivity contribution in [2.24, 2.45) is 5.92 Å².